The molecule has 0 amide bonds. The van der Waals surface area contributed by atoms with E-state index in [1.807, 2.05) is 0 Å². The van der Waals surface area contributed by atoms with Gasteiger partial charge in [0.05, 0.1) is 0 Å². The quantitative estimate of drug-likeness (QED) is 0.281. The molecule has 0 saturated carbocycles. The largest absolute Gasteiger partial charge is 0.338 e. The highest BCUT2D eigenvalue weighted by molar-refractivity contribution is 4.77. The van der Waals surface area contributed by atoms with Gasteiger partial charge >= 0.3 is 0 Å². The third kappa shape index (κ3) is 0.992. The summed E-state index contributed by atoms with van der Waals surface area (Å²) in [6.45, 7) is 9.49. The summed E-state index contributed by atoms with van der Waals surface area (Å²) < 4.78 is 0. The Morgan fingerprint density at radius 3 is 1.83 bits per heavy atom. The summed E-state index contributed by atoms with van der Waals surface area (Å²) in [5.41, 5.74) is 4.85. The highest BCUT2D eigenvalue weighted by Gasteiger charge is 2.55. The monoisotopic (exact) mass is 172 g/mol. The molecule has 2 unspecified atom stereocenters. The molecule has 0 aliphatic carbocycles. The Hall–Kier alpha value is -0.160. The number of hydrogen-bond acceptors (Lipinski definition) is 0. The van der Waals surface area contributed by atoms with Crippen LogP contribution in [0.4, 0.5) is 0 Å². The van der Waals surface area contributed by atoms with Crippen LogP contribution in [0.1, 0.15) is 0 Å². The third-order valence-electron chi connectivity index (χ3n) is 3.71. The van der Waals surface area contributed by atoms with Gasteiger partial charge in [-0.25, -0.2) is 4.90 Å². The topological polar surface area (TPSA) is 41.0 Å². The Bertz CT molecular complexity index is 189. The van der Waals surface area contributed by atoms with Crippen molar-refractivity contribution in [1.29, 1.82) is 0 Å². The molecule has 0 aromatic heterocycles. The van der Waals surface area contributed by atoms with Gasteiger partial charge in [-0.1, -0.05) is 0 Å². The van der Waals surface area contributed by atoms with E-state index in [4.69, 9.17) is 0 Å². The van der Waals surface area contributed by atoms with Gasteiger partial charge < -0.3 is 5.73 Å². The van der Waals surface area contributed by atoms with Crippen molar-refractivity contribution < 1.29 is 20.4 Å². The van der Waals surface area contributed by atoms with E-state index in [-0.39, 0.29) is 0 Å². The molecule has 0 radical (unpaired) electrons. The molecule has 4 heteroatoms. The summed E-state index contributed by atoms with van der Waals surface area (Å²) in [6.07, 6.45) is 0. The molecule has 4 rings (SSSR count). The van der Waals surface area contributed by atoms with Gasteiger partial charge in [-0.05, 0) is 0 Å². The molecule has 0 spiro atoms. The predicted octanol–water partition coefficient (Wildman–Crippen LogP) is -6.42. The summed E-state index contributed by atoms with van der Waals surface area (Å²) >= 11 is 0. The van der Waals surface area contributed by atoms with Crippen LogP contribution in [0.15, 0.2) is 0 Å². The SMILES string of the molecule is [NH3+]C12C[NH+]3CC[NH+](C[NH+](C3)C1)C2. The number of quaternary nitrogens is 4. The average molecular weight is 172 g/mol. The first-order valence-corrected chi connectivity index (χ1v) is 5.10. The summed E-state index contributed by atoms with van der Waals surface area (Å²) in [5.74, 6) is 0. The van der Waals surface area contributed by atoms with Crippen LogP contribution in [0.5, 0.6) is 0 Å². The maximum Gasteiger partial charge on any atom is 0.242 e. The van der Waals surface area contributed by atoms with E-state index in [2.05, 4.69) is 5.73 Å². The molecule has 2 atom stereocenters. The molecule has 4 aliphatic heterocycles. The van der Waals surface area contributed by atoms with E-state index < -0.39 is 0 Å². The molecule has 12 heavy (non-hydrogen) atoms. The van der Waals surface area contributed by atoms with Crippen molar-refractivity contribution in [3.8, 4) is 0 Å². The van der Waals surface area contributed by atoms with Crippen molar-refractivity contribution in [2.75, 3.05) is 46.1 Å². The first-order chi connectivity index (χ1) is 5.73. The lowest BCUT2D eigenvalue weighted by Gasteiger charge is -2.39. The first-order valence-electron chi connectivity index (χ1n) is 5.10. The van der Waals surface area contributed by atoms with E-state index in [0.717, 1.165) is 0 Å². The average Bonchev–Trinajstić information content (AvgIpc) is 2.14. The molecular weight excluding hydrogens is 152 g/mol. The van der Waals surface area contributed by atoms with Crippen LogP contribution in [-0.2, 0) is 0 Å². The standard InChI is InChI=1S/C8H16N4/c9-8-3-10-1-2-11(4-8)7-12(5-8)6-10/h1-7,9H2/p+4. The van der Waals surface area contributed by atoms with Gasteiger partial charge in [0.15, 0.2) is 6.54 Å². The van der Waals surface area contributed by atoms with Crippen LogP contribution < -0.4 is 20.4 Å². The zero-order valence-electron chi connectivity index (χ0n) is 7.66. The lowest BCUT2D eigenvalue weighted by atomic mass is 9.96. The molecule has 4 saturated heterocycles. The van der Waals surface area contributed by atoms with Gasteiger partial charge in [0.2, 0.25) is 18.9 Å². The highest BCUT2D eigenvalue weighted by Crippen LogP contribution is 1.92. The van der Waals surface area contributed by atoms with Gasteiger partial charge in [-0.15, -0.1) is 0 Å². The van der Waals surface area contributed by atoms with Crippen molar-refractivity contribution in [2.45, 2.75) is 5.54 Å². The molecule has 68 valence electrons. The molecule has 4 aliphatic rings. The smallest absolute Gasteiger partial charge is 0.242 e. The first kappa shape index (κ1) is 7.26. The van der Waals surface area contributed by atoms with Gasteiger partial charge in [0.25, 0.3) is 0 Å². The van der Waals surface area contributed by atoms with E-state index in [9.17, 15) is 0 Å². The molecule has 4 heterocycles. The van der Waals surface area contributed by atoms with Crippen molar-refractivity contribution in [2.24, 2.45) is 0 Å². The van der Waals surface area contributed by atoms with Gasteiger partial charge in [-0.3, -0.25) is 9.80 Å². The Labute approximate surface area is 72.9 Å². The zero-order valence-corrected chi connectivity index (χ0v) is 7.66. The molecule has 6 N–H and O–H groups in total. The fourth-order valence-electron chi connectivity index (χ4n) is 3.51. The number of nitrogens with one attached hydrogen (secondary N) is 3. The van der Waals surface area contributed by atoms with E-state index in [0.29, 0.717) is 5.54 Å². The Morgan fingerprint density at radius 2 is 1.33 bits per heavy atom. The second kappa shape index (κ2) is 2.20. The normalized spacial score (nSPS) is 57.2. The second-order valence-corrected chi connectivity index (χ2v) is 5.13. The maximum absolute atomic E-state index is 4.43. The fraction of sp³-hybridized carbons (Fsp3) is 1.00. The van der Waals surface area contributed by atoms with E-state index >= 15 is 0 Å². The minimum Gasteiger partial charge on any atom is -0.338 e. The van der Waals surface area contributed by atoms with Gasteiger partial charge in [0, 0.05) is 0 Å². The summed E-state index contributed by atoms with van der Waals surface area (Å²) in [6, 6.07) is 0. The molecule has 0 aromatic rings. The molecule has 4 nitrogen and oxygen atoms in total. The predicted molar refractivity (Wildman–Crippen MR) is 42.6 cm³/mol. The minimum absolute atomic E-state index is 0.424. The Kier molecular flexibility index (Phi) is 1.33. The molecular formula is C8H20N4+4. The van der Waals surface area contributed by atoms with Crippen LogP contribution in [0.25, 0.3) is 0 Å². The molecule has 4 bridgehead atoms. The number of fused-ring (bicyclic) bond motifs is 1. The van der Waals surface area contributed by atoms with Crippen molar-refractivity contribution in [1.82, 2.24) is 0 Å². The lowest BCUT2D eigenvalue weighted by Crippen LogP contribution is -3.44. The van der Waals surface area contributed by atoms with Crippen LogP contribution in [0, 0.1) is 0 Å². The minimum atomic E-state index is 0.424. The maximum atomic E-state index is 4.43. The van der Waals surface area contributed by atoms with Crippen molar-refractivity contribution >= 4 is 0 Å². The summed E-state index contributed by atoms with van der Waals surface area (Å²) in [4.78, 5) is 5.41. The van der Waals surface area contributed by atoms with Crippen LogP contribution >= 0.6 is 0 Å². The van der Waals surface area contributed by atoms with E-state index in [1.165, 1.54) is 46.1 Å². The van der Waals surface area contributed by atoms with Gasteiger partial charge in [-0.2, -0.15) is 0 Å². The lowest BCUT2D eigenvalue weighted by molar-refractivity contribution is -1.18. The molecule has 0 aromatic carbocycles. The Morgan fingerprint density at radius 1 is 0.833 bits per heavy atom. The number of hydrogen-bond donors (Lipinski definition) is 4. The highest BCUT2D eigenvalue weighted by atomic mass is 15.5. The van der Waals surface area contributed by atoms with Crippen LogP contribution in [0.3, 0.4) is 0 Å². The number of rotatable bonds is 0. The molecule has 4 fully saturated rings. The summed E-state index contributed by atoms with van der Waals surface area (Å²) in [5, 5.41) is 0. The van der Waals surface area contributed by atoms with Crippen molar-refractivity contribution in [3.05, 3.63) is 0 Å². The fourth-order valence-corrected chi connectivity index (χ4v) is 3.51. The third-order valence-corrected chi connectivity index (χ3v) is 3.71. The van der Waals surface area contributed by atoms with Crippen molar-refractivity contribution in [3.63, 3.8) is 0 Å². The Balaban J connectivity index is 1.95. The van der Waals surface area contributed by atoms with Crippen LogP contribution in [0.2, 0.25) is 0 Å². The zero-order chi connectivity index (χ0) is 8.18. The van der Waals surface area contributed by atoms with Gasteiger partial charge in [0.1, 0.15) is 26.2 Å². The van der Waals surface area contributed by atoms with E-state index in [1.54, 1.807) is 14.7 Å². The second-order valence-electron chi connectivity index (χ2n) is 5.13. The summed E-state index contributed by atoms with van der Waals surface area (Å²) in [7, 11) is 0. The van der Waals surface area contributed by atoms with Crippen LogP contribution in [-0.4, -0.2) is 51.6 Å².